The van der Waals surface area contributed by atoms with E-state index in [9.17, 15) is 4.79 Å². The van der Waals surface area contributed by atoms with Crippen molar-refractivity contribution in [2.24, 2.45) is 0 Å². The van der Waals surface area contributed by atoms with Gasteiger partial charge in [-0.25, -0.2) is 0 Å². The zero-order valence-electron chi connectivity index (χ0n) is 10.4. The van der Waals surface area contributed by atoms with Gasteiger partial charge >= 0.3 is 0 Å². The van der Waals surface area contributed by atoms with Gasteiger partial charge in [-0.05, 0) is 38.5 Å². The van der Waals surface area contributed by atoms with E-state index in [4.69, 9.17) is 34.8 Å². The number of hydrogen-bond donors (Lipinski definition) is 0. The molecule has 1 amide bonds. The first-order valence-electron chi connectivity index (χ1n) is 5.79. The zero-order chi connectivity index (χ0) is 13.7. The van der Waals surface area contributed by atoms with Crippen molar-refractivity contribution < 1.29 is 4.79 Å². The minimum atomic E-state index is -0.0475. The predicted molar refractivity (Wildman–Crippen MR) is 78.0 cm³/mol. The molecule has 0 aliphatic carbocycles. The molecule has 5 heteroatoms. The summed E-state index contributed by atoms with van der Waals surface area (Å²) in [7, 11) is 0. The molecule has 0 N–H and O–H groups in total. The lowest BCUT2D eigenvalue weighted by atomic mass is 10.1. The highest BCUT2D eigenvalue weighted by Crippen LogP contribution is 2.23. The van der Waals surface area contributed by atoms with Crippen molar-refractivity contribution >= 4 is 40.7 Å². The fourth-order valence-corrected chi connectivity index (χ4v) is 2.04. The van der Waals surface area contributed by atoms with Crippen molar-refractivity contribution in [3.05, 3.63) is 33.8 Å². The molecular formula is C13H16Cl3NO. The lowest BCUT2D eigenvalue weighted by Crippen LogP contribution is -2.37. The summed E-state index contributed by atoms with van der Waals surface area (Å²) in [4.78, 5) is 14.1. The Morgan fingerprint density at radius 2 is 1.94 bits per heavy atom. The van der Waals surface area contributed by atoms with Gasteiger partial charge in [0.1, 0.15) is 0 Å². The van der Waals surface area contributed by atoms with Crippen LogP contribution in [0, 0.1) is 0 Å². The summed E-state index contributed by atoms with van der Waals surface area (Å²) in [6.45, 7) is 4.59. The minimum absolute atomic E-state index is 0.0475. The normalized spacial score (nSPS) is 10.8. The Morgan fingerprint density at radius 3 is 2.44 bits per heavy atom. The van der Waals surface area contributed by atoms with E-state index < -0.39 is 0 Å². The predicted octanol–water partition coefficient (Wildman–Crippen LogP) is 4.47. The Morgan fingerprint density at radius 1 is 1.28 bits per heavy atom. The van der Waals surface area contributed by atoms with Crippen LogP contribution in [0.25, 0.3) is 0 Å². The Hall–Kier alpha value is -0.440. The molecule has 0 bridgehead atoms. The molecule has 2 nitrogen and oxygen atoms in total. The quantitative estimate of drug-likeness (QED) is 0.735. The summed E-state index contributed by atoms with van der Waals surface area (Å²) >= 11 is 17.4. The van der Waals surface area contributed by atoms with E-state index in [1.807, 2.05) is 13.8 Å². The summed E-state index contributed by atoms with van der Waals surface area (Å²) in [6, 6.07) is 5.04. The smallest absolute Gasteiger partial charge is 0.254 e. The van der Waals surface area contributed by atoms with Crippen LogP contribution in [0.5, 0.6) is 0 Å². The molecule has 0 saturated heterocycles. The van der Waals surface area contributed by atoms with Gasteiger partial charge in [0.2, 0.25) is 0 Å². The van der Waals surface area contributed by atoms with Crippen LogP contribution in [0.2, 0.25) is 10.0 Å². The van der Waals surface area contributed by atoms with Gasteiger partial charge in [-0.15, -0.1) is 11.6 Å². The SMILES string of the molecule is CC(C)N(CCCCl)C(=O)c1ccc(Cl)c(Cl)c1. The number of hydrogen-bond acceptors (Lipinski definition) is 1. The second-order valence-corrected chi connectivity index (χ2v) is 5.46. The largest absolute Gasteiger partial charge is 0.336 e. The molecule has 1 aromatic carbocycles. The molecule has 100 valence electrons. The highest BCUT2D eigenvalue weighted by Gasteiger charge is 2.18. The summed E-state index contributed by atoms with van der Waals surface area (Å²) in [5.41, 5.74) is 0.549. The van der Waals surface area contributed by atoms with E-state index in [1.54, 1.807) is 23.1 Å². The lowest BCUT2D eigenvalue weighted by Gasteiger charge is -2.26. The summed E-state index contributed by atoms with van der Waals surface area (Å²) in [6.07, 6.45) is 0.771. The average Bonchev–Trinajstić information content (AvgIpc) is 2.32. The molecule has 0 saturated carbocycles. The van der Waals surface area contributed by atoms with Gasteiger partial charge in [-0.1, -0.05) is 23.2 Å². The molecule has 0 aliphatic rings. The second-order valence-electron chi connectivity index (χ2n) is 4.26. The lowest BCUT2D eigenvalue weighted by molar-refractivity contribution is 0.0706. The van der Waals surface area contributed by atoms with Crippen LogP contribution in [0.1, 0.15) is 30.6 Å². The number of rotatable bonds is 5. The fourth-order valence-electron chi connectivity index (χ4n) is 1.62. The monoisotopic (exact) mass is 307 g/mol. The number of halogens is 3. The van der Waals surface area contributed by atoms with Crippen LogP contribution in [0.3, 0.4) is 0 Å². The Kier molecular flexibility index (Phi) is 6.27. The molecule has 0 aromatic heterocycles. The van der Waals surface area contributed by atoms with Gasteiger partial charge in [-0.2, -0.15) is 0 Å². The van der Waals surface area contributed by atoms with Crippen LogP contribution in [0.4, 0.5) is 0 Å². The number of nitrogens with zero attached hydrogens (tertiary/aromatic N) is 1. The van der Waals surface area contributed by atoms with Crippen LogP contribution in [0.15, 0.2) is 18.2 Å². The van der Waals surface area contributed by atoms with Crippen molar-refractivity contribution in [3.8, 4) is 0 Å². The Labute approximate surface area is 123 Å². The summed E-state index contributed by atoms with van der Waals surface area (Å²) in [5, 5.41) is 0.841. The van der Waals surface area contributed by atoms with Crippen molar-refractivity contribution in [2.75, 3.05) is 12.4 Å². The Bertz CT molecular complexity index is 421. The molecule has 0 atom stereocenters. The minimum Gasteiger partial charge on any atom is -0.336 e. The zero-order valence-corrected chi connectivity index (χ0v) is 12.7. The van der Waals surface area contributed by atoms with Gasteiger partial charge in [0.05, 0.1) is 10.0 Å². The third-order valence-electron chi connectivity index (χ3n) is 2.58. The molecule has 1 rings (SSSR count). The van der Waals surface area contributed by atoms with Gasteiger partial charge < -0.3 is 4.90 Å². The third kappa shape index (κ3) is 4.04. The first-order chi connectivity index (χ1) is 8.47. The third-order valence-corrected chi connectivity index (χ3v) is 3.59. The second kappa shape index (κ2) is 7.22. The van der Waals surface area contributed by atoms with E-state index in [1.165, 1.54) is 0 Å². The van der Waals surface area contributed by atoms with Crippen molar-refractivity contribution in [2.45, 2.75) is 26.3 Å². The number of alkyl halides is 1. The van der Waals surface area contributed by atoms with Gasteiger partial charge in [0.25, 0.3) is 5.91 Å². The number of benzene rings is 1. The molecular weight excluding hydrogens is 293 g/mol. The maximum Gasteiger partial charge on any atom is 0.254 e. The average molecular weight is 309 g/mol. The van der Waals surface area contributed by atoms with E-state index in [0.717, 1.165) is 6.42 Å². The van der Waals surface area contributed by atoms with Crippen LogP contribution >= 0.6 is 34.8 Å². The Balaban J connectivity index is 2.91. The first kappa shape index (κ1) is 15.6. The van der Waals surface area contributed by atoms with Gasteiger partial charge in [0.15, 0.2) is 0 Å². The van der Waals surface area contributed by atoms with E-state index in [2.05, 4.69) is 0 Å². The number of amides is 1. The van der Waals surface area contributed by atoms with Crippen LogP contribution < -0.4 is 0 Å². The topological polar surface area (TPSA) is 20.3 Å². The molecule has 1 aromatic rings. The van der Waals surface area contributed by atoms with E-state index >= 15 is 0 Å². The maximum absolute atomic E-state index is 12.3. The molecule has 0 unspecified atom stereocenters. The number of carbonyl (C=O) groups excluding carboxylic acids is 1. The number of carbonyl (C=O) groups is 1. The first-order valence-corrected chi connectivity index (χ1v) is 7.08. The highest BCUT2D eigenvalue weighted by molar-refractivity contribution is 6.42. The fraction of sp³-hybridized carbons (Fsp3) is 0.462. The molecule has 0 radical (unpaired) electrons. The van der Waals surface area contributed by atoms with E-state index in [-0.39, 0.29) is 11.9 Å². The summed E-state index contributed by atoms with van der Waals surface area (Å²) < 4.78 is 0. The van der Waals surface area contributed by atoms with E-state index in [0.29, 0.717) is 28.0 Å². The summed E-state index contributed by atoms with van der Waals surface area (Å²) in [5.74, 6) is 0.492. The molecule has 0 heterocycles. The molecule has 0 fully saturated rings. The van der Waals surface area contributed by atoms with Crippen LogP contribution in [-0.4, -0.2) is 29.3 Å². The molecule has 0 aliphatic heterocycles. The van der Waals surface area contributed by atoms with Gasteiger partial charge in [-0.3, -0.25) is 4.79 Å². The highest BCUT2D eigenvalue weighted by atomic mass is 35.5. The standard InChI is InChI=1S/C13H16Cl3NO/c1-9(2)17(7-3-6-14)13(18)10-4-5-11(15)12(16)8-10/h4-5,8-9H,3,6-7H2,1-2H3. The molecule has 0 spiro atoms. The van der Waals surface area contributed by atoms with Crippen molar-refractivity contribution in [3.63, 3.8) is 0 Å². The van der Waals surface area contributed by atoms with Crippen LogP contribution in [-0.2, 0) is 0 Å². The molecule has 18 heavy (non-hydrogen) atoms. The van der Waals surface area contributed by atoms with Gasteiger partial charge in [0, 0.05) is 24.0 Å². The van der Waals surface area contributed by atoms with Crippen molar-refractivity contribution in [1.82, 2.24) is 4.90 Å². The van der Waals surface area contributed by atoms with Crippen molar-refractivity contribution in [1.29, 1.82) is 0 Å². The maximum atomic E-state index is 12.3.